The molecule has 3 atom stereocenters. The Hall–Kier alpha value is -2.18. The summed E-state index contributed by atoms with van der Waals surface area (Å²) in [6, 6.07) is 11.6. The van der Waals surface area contributed by atoms with Gasteiger partial charge in [-0.15, -0.1) is 11.3 Å². The van der Waals surface area contributed by atoms with Gasteiger partial charge in [0.25, 0.3) is 5.91 Å². The van der Waals surface area contributed by atoms with Crippen LogP contribution in [0.15, 0.2) is 41.8 Å². The third-order valence-electron chi connectivity index (χ3n) is 5.13. The highest BCUT2D eigenvalue weighted by Crippen LogP contribution is 2.48. The van der Waals surface area contributed by atoms with Gasteiger partial charge in [-0.05, 0) is 36.4 Å². The fourth-order valence-electron chi connectivity index (χ4n) is 3.78. The number of hydrogen-bond donors (Lipinski definition) is 0. The number of hydrogen-bond acceptors (Lipinski definition) is 5. The summed E-state index contributed by atoms with van der Waals surface area (Å²) >= 11 is 1.59. The van der Waals surface area contributed by atoms with E-state index in [1.807, 2.05) is 48.7 Å². The zero-order valence-electron chi connectivity index (χ0n) is 14.9. The molecule has 2 saturated heterocycles. The van der Waals surface area contributed by atoms with Crippen LogP contribution in [0.3, 0.4) is 0 Å². The zero-order chi connectivity index (χ0) is 18.3. The molecular formula is C20H22N2O3S. The molecule has 0 bridgehead atoms. The number of rotatable bonds is 5. The number of aryl methyl sites for hydroxylation is 1. The van der Waals surface area contributed by atoms with E-state index in [0.717, 1.165) is 29.0 Å². The van der Waals surface area contributed by atoms with Crippen molar-refractivity contribution in [3.63, 3.8) is 0 Å². The first kappa shape index (κ1) is 17.2. The Morgan fingerprint density at radius 2 is 1.92 bits per heavy atom. The van der Waals surface area contributed by atoms with Crippen molar-refractivity contribution in [2.24, 2.45) is 5.92 Å². The van der Waals surface area contributed by atoms with E-state index in [4.69, 9.17) is 4.84 Å². The molecule has 1 aromatic heterocycles. The van der Waals surface area contributed by atoms with E-state index in [9.17, 15) is 9.59 Å². The Bertz CT molecular complexity index is 820. The second kappa shape index (κ2) is 6.85. The monoisotopic (exact) mass is 370 g/mol. The number of fused-ring (bicyclic) bond motifs is 1. The molecule has 0 aliphatic carbocycles. The molecule has 3 heterocycles. The van der Waals surface area contributed by atoms with Gasteiger partial charge in [0.05, 0.1) is 5.69 Å². The van der Waals surface area contributed by atoms with E-state index < -0.39 is 12.0 Å². The molecule has 136 valence electrons. The molecule has 0 spiro atoms. The van der Waals surface area contributed by atoms with Gasteiger partial charge in [0.1, 0.15) is 12.0 Å². The molecule has 2 aliphatic rings. The van der Waals surface area contributed by atoms with Gasteiger partial charge in [0.15, 0.2) is 6.10 Å². The van der Waals surface area contributed by atoms with Crippen molar-refractivity contribution in [1.82, 2.24) is 4.90 Å². The summed E-state index contributed by atoms with van der Waals surface area (Å²) in [5.41, 5.74) is 1.96. The molecule has 26 heavy (non-hydrogen) atoms. The molecule has 6 heteroatoms. The van der Waals surface area contributed by atoms with Crippen molar-refractivity contribution in [3.05, 3.63) is 52.2 Å². The van der Waals surface area contributed by atoms with Crippen LogP contribution in [0.4, 0.5) is 5.69 Å². The van der Waals surface area contributed by atoms with Gasteiger partial charge in [-0.1, -0.05) is 37.6 Å². The van der Waals surface area contributed by atoms with Crippen LogP contribution in [-0.4, -0.2) is 29.4 Å². The van der Waals surface area contributed by atoms with E-state index in [1.54, 1.807) is 16.4 Å². The van der Waals surface area contributed by atoms with Gasteiger partial charge < -0.3 is 0 Å². The van der Waals surface area contributed by atoms with Crippen molar-refractivity contribution in [2.45, 2.75) is 38.8 Å². The average Bonchev–Trinajstić information content (AvgIpc) is 3.33. The molecule has 0 N–H and O–H groups in total. The molecule has 0 saturated carbocycles. The van der Waals surface area contributed by atoms with Crippen LogP contribution in [0, 0.1) is 12.8 Å². The lowest BCUT2D eigenvalue weighted by atomic mass is 9.95. The lowest BCUT2D eigenvalue weighted by molar-refractivity contribution is -0.143. The smallest absolute Gasteiger partial charge is 0.261 e. The van der Waals surface area contributed by atoms with Crippen LogP contribution >= 0.6 is 11.3 Å². The fraction of sp³-hybridized carbons (Fsp3) is 0.400. The zero-order valence-corrected chi connectivity index (χ0v) is 15.7. The summed E-state index contributed by atoms with van der Waals surface area (Å²) in [4.78, 5) is 34.5. The minimum Gasteiger partial charge on any atom is -0.280 e. The largest absolute Gasteiger partial charge is 0.280 e. The van der Waals surface area contributed by atoms with Crippen molar-refractivity contribution < 1.29 is 14.4 Å². The molecule has 2 aromatic rings. The lowest BCUT2D eigenvalue weighted by Crippen LogP contribution is -2.37. The SMILES string of the molecule is CCCCN1C(=O)C2ON(c3ccccc3C)C(c3cccs3)C2C1=O. The molecule has 2 aliphatic heterocycles. The van der Waals surface area contributed by atoms with Crippen LogP contribution in [0.2, 0.25) is 0 Å². The number of likely N-dealkylation sites (tertiary alicyclic amines) is 1. The highest BCUT2D eigenvalue weighted by molar-refractivity contribution is 7.10. The van der Waals surface area contributed by atoms with E-state index in [2.05, 4.69) is 6.92 Å². The summed E-state index contributed by atoms with van der Waals surface area (Å²) in [5, 5.41) is 3.78. The summed E-state index contributed by atoms with van der Waals surface area (Å²) in [5.74, 6) is -0.799. The molecule has 0 radical (unpaired) electrons. The Balaban J connectivity index is 1.73. The molecule has 4 rings (SSSR count). The fourth-order valence-corrected chi connectivity index (χ4v) is 4.63. The number of imide groups is 1. The molecule has 1 aromatic carbocycles. The van der Waals surface area contributed by atoms with Crippen LogP contribution in [0.25, 0.3) is 0 Å². The van der Waals surface area contributed by atoms with Gasteiger partial charge in [-0.25, -0.2) is 5.06 Å². The third kappa shape index (κ3) is 2.64. The van der Waals surface area contributed by atoms with Crippen LogP contribution < -0.4 is 5.06 Å². The maximum atomic E-state index is 13.1. The first-order chi connectivity index (χ1) is 12.6. The Morgan fingerprint density at radius 1 is 1.12 bits per heavy atom. The highest BCUT2D eigenvalue weighted by atomic mass is 32.1. The first-order valence-corrected chi connectivity index (χ1v) is 9.91. The topological polar surface area (TPSA) is 49.9 Å². The normalized spacial score (nSPS) is 25.2. The Morgan fingerprint density at radius 3 is 2.62 bits per heavy atom. The summed E-state index contributed by atoms with van der Waals surface area (Å²) in [7, 11) is 0. The standard InChI is InChI=1S/C20H22N2O3S/c1-3-4-11-21-19(23)16-17(15-10-7-12-26-15)22(25-18(16)20(21)24)14-9-6-5-8-13(14)2/h5-10,12,16-18H,3-4,11H2,1-2H3. The van der Waals surface area contributed by atoms with Crippen molar-refractivity contribution in [1.29, 1.82) is 0 Å². The van der Waals surface area contributed by atoms with Gasteiger partial charge in [-0.2, -0.15) is 0 Å². The lowest BCUT2D eigenvalue weighted by Gasteiger charge is -2.28. The quantitative estimate of drug-likeness (QED) is 0.753. The summed E-state index contributed by atoms with van der Waals surface area (Å²) < 4.78 is 0. The third-order valence-corrected chi connectivity index (χ3v) is 6.07. The maximum absolute atomic E-state index is 13.1. The average molecular weight is 370 g/mol. The number of nitrogens with zero attached hydrogens (tertiary/aromatic N) is 2. The number of unbranched alkanes of at least 4 members (excludes halogenated alkanes) is 1. The highest BCUT2D eigenvalue weighted by Gasteiger charge is 2.60. The number of carbonyl (C=O) groups is 2. The summed E-state index contributed by atoms with van der Waals surface area (Å²) in [6.45, 7) is 4.54. The number of thiophene rings is 1. The second-order valence-electron chi connectivity index (χ2n) is 6.81. The maximum Gasteiger partial charge on any atom is 0.261 e. The second-order valence-corrected chi connectivity index (χ2v) is 7.79. The number of para-hydroxylation sites is 1. The molecule has 5 nitrogen and oxygen atoms in total. The van der Waals surface area contributed by atoms with E-state index in [0.29, 0.717) is 6.54 Å². The van der Waals surface area contributed by atoms with Crippen LogP contribution in [0.5, 0.6) is 0 Å². The van der Waals surface area contributed by atoms with Crippen LogP contribution in [0.1, 0.15) is 36.2 Å². The Kier molecular flexibility index (Phi) is 4.54. The van der Waals surface area contributed by atoms with Gasteiger partial charge in [0.2, 0.25) is 5.91 Å². The van der Waals surface area contributed by atoms with Gasteiger partial charge in [-0.3, -0.25) is 19.3 Å². The van der Waals surface area contributed by atoms with Gasteiger partial charge in [0, 0.05) is 11.4 Å². The Labute approximate surface area is 157 Å². The predicted molar refractivity (Wildman–Crippen MR) is 101 cm³/mol. The molecule has 2 fully saturated rings. The number of amides is 2. The minimum atomic E-state index is -0.730. The minimum absolute atomic E-state index is 0.108. The van der Waals surface area contributed by atoms with E-state index >= 15 is 0 Å². The van der Waals surface area contributed by atoms with Gasteiger partial charge >= 0.3 is 0 Å². The number of hydroxylamine groups is 1. The van der Waals surface area contributed by atoms with Crippen molar-refractivity contribution in [2.75, 3.05) is 11.6 Å². The molecule has 2 amide bonds. The van der Waals surface area contributed by atoms with Crippen molar-refractivity contribution >= 4 is 28.8 Å². The van der Waals surface area contributed by atoms with E-state index in [1.165, 1.54) is 4.90 Å². The number of anilines is 1. The van der Waals surface area contributed by atoms with Crippen molar-refractivity contribution in [3.8, 4) is 0 Å². The first-order valence-electron chi connectivity index (χ1n) is 9.03. The van der Waals surface area contributed by atoms with Crippen LogP contribution in [-0.2, 0) is 14.4 Å². The molecule has 3 unspecified atom stereocenters. The predicted octanol–water partition coefficient (Wildman–Crippen LogP) is 3.70. The summed E-state index contributed by atoms with van der Waals surface area (Å²) in [6.07, 6.45) is 1.03. The number of benzene rings is 1. The number of carbonyl (C=O) groups excluding carboxylic acids is 2. The molecular weight excluding hydrogens is 348 g/mol. The van der Waals surface area contributed by atoms with E-state index in [-0.39, 0.29) is 17.9 Å².